The highest BCUT2D eigenvalue weighted by atomic mass is 31.2. The van der Waals surface area contributed by atoms with Gasteiger partial charge in [-0.25, -0.2) is 18.7 Å². The lowest BCUT2D eigenvalue weighted by atomic mass is 10.1. The number of nitrogens with two attached hydrogens (primary N) is 1. The predicted octanol–water partition coefficient (Wildman–Crippen LogP) is -2.84. The lowest BCUT2D eigenvalue weighted by Gasteiger charge is -2.00. The summed E-state index contributed by atoms with van der Waals surface area (Å²) < 4.78 is 28.3. The number of phosphoric acid groups is 3. The number of aliphatic hydroxyl groups is 1. The molecule has 2 aromatic heterocycles. The van der Waals surface area contributed by atoms with Gasteiger partial charge in [0.15, 0.2) is 11.2 Å². The highest BCUT2D eigenvalue weighted by molar-refractivity contribution is 7.45. The molecule has 2 heterocycles. The van der Waals surface area contributed by atoms with Crippen molar-refractivity contribution in [1.29, 1.82) is 0 Å². The van der Waals surface area contributed by atoms with E-state index in [1.807, 2.05) is 13.1 Å². The maximum Gasteiger partial charge on any atom is 0.466 e. The fourth-order valence-electron chi connectivity index (χ4n) is 1.94. The first-order chi connectivity index (χ1) is 14.5. The smallest absolute Gasteiger partial charge is 0.395 e. The summed E-state index contributed by atoms with van der Waals surface area (Å²) in [7, 11) is -13.9. The highest BCUT2D eigenvalue weighted by Gasteiger charge is 2.43. The van der Waals surface area contributed by atoms with Crippen molar-refractivity contribution in [2.24, 2.45) is 5.41 Å². The van der Waals surface area contributed by atoms with Gasteiger partial charge in [-0.3, -0.25) is 14.3 Å². The Morgan fingerprint density at radius 3 is 1.85 bits per heavy atom. The minimum atomic E-state index is -4.64. The number of rotatable bonds is 2. The number of fused-ring (bicyclic) bond motifs is 1. The molecule has 0 spiro atoms. The van der Waals surface area contributed by atoms with Crippen LogP contribution in [0, 0.1) is 5.41 Å². The second kappa shape index (κ2) is 11.5. The maximum atomic E-state index is 11.6. The van der Waals surface area contributed by atoms with Crippen LogP contribution >= 0.6 is 23.5 Å². The topological polar surface area (TPSA) is 343 Å². The Morgan fingerprint density at radius 1 is 1.06 bits per heavy atom. The predicted molar refractivity (Wildman–Crippen MR) is 109 cm³/mol. The minimum absolute atomic E-state index is 0.0633. The number of nitrogens with zero attached hydrogens (tertiary/aromatic N) is 3. The highest BCUT2D eigenvalue weighted by Crippen LogP contribution is 2.51. The number of hydrogen-bond acceptors (Lipinski definition) is 8. The first kappa shape index (κ1) is 31.2. The van der Waals surface area contributed by atoms with E-state index in [1.54, 1.807) is 4.57 Å². The summed E-state index contributed by atoms with van der Waals surface area (Å²) in [5.74, 6) is 0.0633. The van der Waals surface area contributed by atoms with Crippen LogP contribution in [0.2, 0.25) is 0 Å². The number of H-pyrrole nitrogens is 1. The zero-order valence-electron chi connectivity index (χ0n) is 16.4. The van der Waals surface area contributed by atoms with E-state index in [0.29, 0.717) is 5.65 Å². The molecule has 190 valence electrons. The zero-order valence-corrected chi connectivity index (χ0v) is 19.1. The van der Waals surface area contributed by atoms with Crippen molar-refractivity contribution in [2.45, 2.75) is 13.3 Å². The van der Waals surface area contributed by atoms with Crippen molar-refractivity contribution in [3.05, 3.63) is 22.3 Å². The van der Waals surface area contributed by atoms with Gasteiger partial charge in [-0.15, -0.1) is 0 Å². The van der Waals surface area contributed by atoms with Gasteiger partial charge in [-0.05, 0) is 12.0 Å². The van der Waals surface area contributed by atoms with Crippen LogP contribution in [0.1, 0.15) is 13.3 Å². The Labute approximate surface area is 183 Å². The lowest BCUT2D eigenvalue weighted by molar-refractivity contribution is 0.233. The van der Waals surface area contributed by atoms with Crippen LogP contribution in [0.15, 0.2) is 16.7 Å². The van der Waals surface area contributed by atoms with Gasteiger partial charge in [-0.2, -0.15) is 4.98 Å². The number of aromatic nitrogens is 4. The van der Waals surface area contributed by atoms with Crippen LogP contribution in [-0.2, 0) is 13.7 Å². The van der Waals surface area contributed by atoms with E-state index in [4.69, 9.17) is 63.5 Å². The largest absolute Gasteiger partial charge is 0.466 e. The molecule has 0 amide bonds. The number of nitrogen functional groups attached to an aromatic ring is 1. The summed E-state index contributed by atoms with van der Waals surface area (Å²) >= 11 is 0. The van der Waals surface area contributed by atoms with E-state index in [2.05, 4.69) is 15.0 Å². The number of nitrogens with one attached hydrogen (secondary N) is 1. The molecular formula is C11H22N5O14P3. The van der Waals surface area contributed by atoms with Gasteiger partial charge < -0.3 is 54.9 Å². The van der Waals surface area contributed by atoms with E-state index in [9.17, 15) is 9.90 Å². The molecule has 22 heteroatoms. The van der Waals surface area contributed by atoms with Gasteiger partial charge in [0.1, 0.15) is 6.33 Å². The Bertz CT molecular complexity index is 1100. The fourth-order valence-corrected chi connectivity index (χ4v) is 1.94. The molecule has 0 saturated heterocycles. The van der Waals surface area contributed by atoms with Crippen molar-refractivity contribution < 1.29 is 62.8 Å². The van der Waals surface area contributed by atoms with Crippen LogP contribution in [0.3, 0.4) is 0 Å². The average molecular weight is 541 g/mol. The molecule has 0 bridgehead atoms. The van der Waals surface area contributed by atoms with Gasteiger partial charge in [0.2, 0.25) is 5.95 Å². The fraction of sp³-hybridized carbons (Fsp3) is 0.364. The molecule has 2 aromatic rings. The molecule has 0 aromatic carbocycles. The first-order valence-corrected chi connectivity index (χ1v) is 12.6. The molecule has 19 nitrogen and oxygen atoms in total. The summed E-state index contributed by atoms with van der Waals surface area (Å²) in [5, 5.41) is 9.21. The molecule has 33 heavy (non-hydrogen) atoms. The molecule has 0 aliphatic heterocycles. The monoisotopic (exact) mass is 541 g/mol. The van der Waals surface area contributed by atoms with Crippen LogP contribution in [0.4, 0.5) is 5.95 Å². The third-order valence-corrected chi connectivity index (χ3v) is 3.33. The van der Waals surface area contributed by atoms with E-state index in [0.717, 1.165) is 12.0 Å². The summed E-state index contributed by atoms with van der Waals surface area (Å²) in [6, 6.07) is 0. The quantitative estimate of drug-likeness (QED) is 0.170. The number of aliphatic hydroxyl groups excluding tert-OH is 1. The second-order valence-corrected chi connectivity index (χ2v) is 9.44. The first-order valence-electron chi connectivity index (χ1n) is 7.93. The van der Waals surface area contributed by atoms with Gasteiger partial charge >= 0.3 is 23.5 Å². The number of anilines is 1. The van der Waals surface area contributed by atoms with Crippen LogP contribution in [-0.4, -0.2) is 75.3 Å². The lowest BCUT2D eigenvalue weighted by Crippen LogP contribution is -2.11. The molecule has 1 saturated carbocycles. The molecule has 0 unspecified atom stereocenters. The minimum Gasteiger partial charge on any atom is -0.395 e. The van der Waals surface area contributed by atoms with Crippen molar-refractivity contribution in [1.82, 2.24) is 19.5 Å². The van der Waals surface area contributed by atoms with Crippen molar-refractivity contribution in [2.75, 3.05) is 12.3 Å². The molecule has 1 atom stereocenters. The number of imidazole rings is 1. The Hall–Kier alpha value is -1.82. The molecule has 3 rings (SSSR count). The number of hydrogen-bond donors (Lipinski definition) is 12. The maximum absolute atomic E-state index is 11.6. The van der Waals surface area contributed by atoms with E-state index < -0.39 is 23.5 Å². The average Bonchev–Trinajstić information content (AvgIpc) is 2.99. The van der Waals surface area contributed by atoms with Gasteiger partial charge in [0, 0.05) is 11.6 Å². The van der Waals surface area contributed by atoms with Gasteiger partial charge in [0.05, 0.1) is 6.61 Å². The van der Waals surface area contributed by atoms with Crippen LogP contribution < -0.4 is 11.3 Å². The molecule has 1 fully saturated rings. The molecular weight excluding hydrogens is 519 g/mol. The number of aromatic amines is 1. The summed E-state index contributed by atoms with van der Waals surface area (Å²) in [6.45, 7) is 2.09. The second-order valence-electron chi connectivity index (χ2n) is 6.36. The van der Waals surface area contributed by atoms with E-state index in [1.165, 1.54) is 6.33 Å². The molecule has 0 radical (unpaired) electrons. The normalized spacial score (nSPS) is 18.9. The SMILES string of the molecule is C[C@]1(CO)C/C1=C/n1cnc2c(=O)[nH]c(N)nc21.O=P(O)(O)O.O=P(O)(O)O.O=P(O)(O)O. The van der Waals surface area contributed by atoms with Crippen LogP contribution in [0.25, 0.3) is 17.4 Å². The van der Waals surface area contributed by atoms with Crippen LogP contribution in [0.5, 0.6) is 0 Å². The summed E-state index contributed by atoms with van der Waals surface area (Å²) in [6.07, 6.45) is 4.20. The molecule has 1 aliphatic rings. The summed E-state index contributed by atoms with van der Waals surface area (Å²) in [5.41, 5.74) is 6.79. The standard InChI is InChI=1S/C11H13N5O2.3H3O4P/c1-11(4-17)2-6(11)3-16-5-13-7-8(16)14-10(12)15-9(7)18;3*1-5(2,3)4/h3,5,17H,2,4H2,1H3,(H3,12,14,15,18);3*(H3,1,2,3,4)/b6-3-;;;/t11-;;;/m1.../s1. The van der Waals surface area contributed by atoms with Crippen molar-refractivity contribution >= 4 is 46.8 Å². The Morgan fingerprint density at radius 2 is 1.48 bits per heavy atom. The third kappa shape index (κ3) is 15.6. The van der Waals surface area contributed by atoms with E-state index in [-0.39, 0.29) is 29.0 Å². The molecule has 1 aliphatic carbocycles. The Kier molecular flexibility index (Phi) is 10.9. The Balaban J connectivity index is 0.000000564. The van der Waals surface area contributed by atoms with E-state index >= 15 is 0 Å². The zero-order chi connectivity index (χ0) is 26.4. The van der Waals surface area contributed by atoms with Crippen molar-refractivity contribution in [3.8, 4) is 0 Å². The third-order valence-electron chi connectivity index (χ3n) is 3.33. The summed E-state index contributed by atoms with van der Waals surface area (Å²) in [4.78, 5) is 86.7. The van der Waals surface area contributed by atoms with Gasteiger partial charge in [-0.1, -0.05) is 6.92 Å². The molecule has 13 N–H and O–H groups in total. The van der Waals surface area contributed by atoms with Gasteiger partial charge in [0.25, 0.3) is 5.56 Å². The van der Waals surface area contributed by atoms with Crippen molar-refractivity contribution in [3.63, 3.8) is 0 Å².